The van der Waals surface area contributed by atoms with Crippen molar-refractivity contribution in [1.82, 2.24) is 4.90 Å². The molecule has 19 heavy (non-hydrogen) atoms. The number of fused-ring (bicyclic) bond motifs is 1. The van der Waals surface area contributed by atoms with Gasteiger partial charge in [0.2, 0.25) is 5.91 Å². The molecule has 0 bridgehead atoms. The molecule has 0 aromatic rings. The first-order valence-electron chi connectivity index (χ1n) is 7.21. The molecule has 1 amide bonds. The fraction of sp³-hybridized carbons (Fsp3) is 0.857. The maximum absolute atomic E-state index is 12.8. The lowest BCUT2D eigenvalue weighted by Gasteiger charge is -2.46. The number of aliphatic hydroxyl groups is 1. The van der Waals surface area contributed by atoms with Crippen molar-refractivity contribution in [3.8, 4) is 0 Å². The first kappa shape index (κ1) is 13.3. The summed E-state index contributed by atoms with van der Waals surface area (Å²) in [5, 5.41) is 9.94. The second-order valence-electron chi connectivity index (χ2n) is 6.74. The number of carbonyl (C=O) groups is 1. The molecule has 3 fully saturated rings. The molecule has 3 atom stereocenters. The molecule has 1 heterocycles. The van der Waals surface area contributed by atoms with E-state index < -0.39 is 5.41 Å². The van der Waals surface area contributed by atoms with Gasteiger partial charge >= 0.3 is 0 Å². The molecule has 0 radical (unpaired) electrons. The summed E-state index contributed by atoms with van der Waals surface area (Å²) in [6, 6.07) is 0. The number of thiocarbonyl (C=S) groups is 1. The Labute approximate surface area is 119 Å². The highest BCUT2D eigenvalue weighted by Gasteiger charge is 2.55. The summed E-state index contributed by atoms with van der Waals surface area (Å²) in [4.78, 5) is 15.0. The van der Waals surface area contributed by atoms with Crippen LogP contribution in [-0.4, -0.2) is 40.1 Å². The van der Waals surface area contributed by atoms with Gasteiger partial charge in [0.25, 0.3) is 0 Å². The molecular formula is C14H22N2O2S. The Balaban J connectivity index is 1.73. The van der Waals surface area contributed by atoms with Crippen LogP contribution in [0.25, 0.3) is 0 Å². The average Bonchev–Trinajstić information content (AvgIpc) is 2.86. The van der Waals surface area contributed by atoms with E-state index in [0.717, 1.165) is 32.2 Å². The normalized spacial score (nSPS) is 44.8. The minimum Gasteiger partial charge on any atom is -0.393 e. The molecule has 0 aromatic carbocycles. The molecule has 1 aliphatic heterocycles. The highest BCUT2D eigenvalue weighted by molar-refractivity contribution is 7.80. The van der Waals surface area contributed by atoms with Crippen molar-refractivity contribution in [2.45, 2.75) is 38.7 Å². The standard InChI is InChI=1S/C14H22N2O2S/c1-8-4-14(5-8,12(15)19)13(18)16-6-9-2-3-11(17)10(9)7-16/h8-11,17H,2-7H2,1H3,(H2,15,19). The minimum absolute atomic E-state index is 0.111. The van der Waals surface area contributed by atoms with E-state index in [0.29, 0.717) is 23.4 Å². The highest BCUT2D eigenvalue weighted by Crippen LogP contribution is 2.49. The van der Waals surface area contributed by atoms with Crippen molar-refractivity contribution in [2.75, 3.05) is 13.1 Å². The van der Waals surface area contributed by atoms with E-state index in [1.165, 1.54) is 0 Å². The third-order valence-corrected chi connectivity index (χ3v) is 5.77. The third-order valence-electron chi connectivity index (χ3n) is 5.38. The van der Waals surface area contributed by atoms with Crippen molar-refractivity contribution >= 4 is 23.1 Å². The van der Waals surface area contributed by atoms with Crippen LogP contribution in [0.5, 0.6) is 0 Å². The van der Waals surface area contributed by atoms with Crippen LogP contribution in [0, 0.1) is 23.2 Å². The van der Waals surface area contributed by atoms with E-state index in [9.17, 15) is 9.90 Å². The molecule has 0 spiro atoms. The van der Waals surface area contributed by atoms with Gasteiger partial charge in [0, 0.05) is 19.0 Å². The zero-order chi connectivity index (χ0) is 13.8. The minimum atomic E-state index is -0.585. The van der Waals surface area contributed by atoms with E-state index in [1.807, 2.05) is 4.90 Å². The fourth-order valence-electron chi connectivity index (χ4n) is 4.32. The number of hydrogen-bond acceptors (Lipinski definition) is 3. The van der Waals surface area contributed by atoms with Gasteiger partial charge < -0.3 is 15.7 Å². The topological polar surface area (TPSA) is 66.6 Å². The Morgan fingerprint density at radius 3 is 2.58 bits per heavy atom. The Morgan fingerprint density at radius 2 is 2.05 bits per heavy atom. The number of hydrogen-bond donors (Lipinski definition) is 2. The van der Waals surface area contributed by atoms with Gasteiger partial charge in [0.1, 0.15) is 0 Å². The Kier molecular flexibility index (Phi) is 3.09. The quantitative estimate of drug-likeness (QED) is 0.739. The first-order valence-corrected chi connectivity index (χ1v) is 7.62. The number of rotatable bonds is 2. The predicted molar refractivity (Wildman–Crippen MR) is 76.4 cm³/mol. The van der Waals surface area contributed by atoms with Crippen molar-refractivity contribution in [3.63, 3.8) is 0 Å². The van der Waals surface area contributed by atoms with E-state index >= 15 is 0 Å². The summed E-state index contributed by atoms with van der Waals surface area (Å²) in [6.07, 6.45) is 3.26. The average molecular weight is 282 g/mol. The van der Waals surface area contributed by atoms with Crippen molar-refractivity contribution < 1.29 is 9.90 Å². The molecular weight excluding hydrogens is 260 g/mol. The van der Waals surface area contributed by atoms with Crippen molar-refractivity contribution in [2.24, 2.45) is 28.9 Å². The van der Waals surface area contributed by atoms with Crippen LogP contribution in [0.4, 0.5) is 0 Å². The van der Waals surface area contributed by atoms with Crippen LogP contribution < -0.4 is 5.73 Å². The van der Waals surface area contributed by atoms with Crippen molar-refractivity contribution in [3.05, 3.63) is 0 Å². The van der Waals surface area contributed by atoms with Gasteiger partial charge in [0.15, 0.2) is 0 Å². The summed E-state index contributed by atoms with van der Waals surface area (Å²) in [6.45, 7) is 3.59. The molecule has 3 rings (SSSR count). The smallest absolute Gasteiger partial charge is 0.235 e. The summed E-state index contributed by atoms with van der Waals surface area (Å²) in [7, 11) is 0. The fourth-order valence-corrected chi connectivity index (χ4v) is 4.57. The maximum atomic E-state index is 12.8. The number of aliphatic hydroxyl groups excluding tert-OH is 1. The maximum Gasteiger partial charge on any atom is 0.235 e. The van der Waals surface area contributed by atoms with Crippen LogP contribution in [0.1, 0.15) is 32.6 Å². The molecule has 0 aromatic heterocycles. The van der Waals surface area contributed by atoms with Gasteiger partial charge in [0.05, 0.1) is 16.5 Å². The van der Waals surface area contributed by atoms with E-state index in [-0.39, 0.29) is 17.9 Å². The number of carbonyl (C=O) groups excluding carboxylic acids is 1. The monoisotopic (exact) mass is 282 g/mol. The van der Waals surface area contributed by atoms with Gasteiger partial charge in [-0.05, 0) is 37.5 Å². The molecule has 1 saturated heterocycles. The predicted octanol–water partition coefficient (Wildman–Crippen LogP) is 0.918. The summed E-state index contributed by atoms with van der Waals surface area (Å²) in [5.41, 5.74) is 5.26. The van der Waals surface area contributed by atoms with Crippen LogP contribution in [-0.2, 0) is 4.79 Å². The lowest BCUT2D eigenvalue weighted by atomic mass is 9.61. The molecule has 3 unspecified atom stereocenters. The number of nitrogens with two attached hydrogens (primary N) is 1. The lowest BCUT2D eigenvalue weighted by Crippen LogP contribution is -2.56. The molecule has 3 N–H and O–H groups in total. The molecule has 2 saturated carbocycles. The van der Waals surface area contributed by atoms with Gasteiger partial charge in [-0.1, -0.05) is 19.1 Å². The summed E-state index contributed by atoms with van der Waals surface area (Å²) in [5.74, 6) is 1.38. The van der Waals surface area contributed by atoms with Gasteiger partial charge in [-0.3, -0.25) is 4.79 Å². The Hall–Kier alpha value is -0.680. The third kappa shape index (κ3) is 1.89. The number of likely N-dealkylation sites (tertiary alicyclic amines) is 1. The lowest BCUT2D eigenvalue weighted by molar-refractivity contribution is -0.143. The van der Waals surface area contributed by atoms with Crippen molar-refractivity contribution in [1.29, 1.82) is 0 Å². The largest absolute Gasteiger partial charge is 0.393 e. The van der Waals surface area contributed by atoms with Crippen LogP contribution >= 0.6 is 12.2 Å². The second-order valence-corrected chi connectivity index (χ2v) is 7.18. The summed E-state index contributed by atoms with van der Waals surface area (Å²) < 4.78 is 0. The molecule has 2 aliphatic carbocycles. The molecule has 4 nitrogen and oxygen atoms in total. The van der Waals surface area contributed by atoms with Crippen LogP contribution in [0.3, 0.4) is 0 Å². The summed E-state index contributed by atoms with van der Waals surface area (Å²) >= 11 is 5.15. The van der Waals surface area contributed by atoms with Gasteiger partial charge in [-0.25, -0.2) is 0 Å². The van der Waals surface area contributed by atoms with E-state index in [1.54, 1.807) is 0 Å². The molecule has 106 valence electrons. The van der Waals surface area contributed by atoms with Gasteiger partial charge in [-0.2, -0.15) is 0 Å². The number of amides is 1. The van der Waals surface area contributed by atoms with E-state index in [4.69, 9.17) is 18.0 Å². The molecule has 3 aliphatic rings. The van der Waals surface area contributed by atoms with Crippen LogP contribution in [0.15, 0.2) is 0 Å². The zero-order valence-electron chi connectivity index (χ0n) is 11.3. The zero-order valence-corrected chi connectivity index (χ0v) is 12.2. The van der Waals surface area contributed by atoms with Gasteiger partial charge in [-0.15, -0.1) is 0 Å². The second kappa shape index (κ2) is 4.42. The SMILES string of the molecule is CC1CC(C(=O)N2CC3CCC(O)C3C2)(C(N)=S)C1. The molecule has 5 heteroatoms. The first-order chi connectivity index (χ1) is 8.94. The van der Waals surface area contributed by atoms with Crippen LogP contribution in [0.2, 0.25) is 0 Å². The Bertz CT molecular complexity index is 420. The number of nitrogens with zero attached hydrogens (tertiary/aromatic N) is 1. The Morgan fingerprint density at radius 1 is 1.37 bits per heavy atom. The highest BCUT2D eigenvalue weighted by atomic mass is 32.1. The van der Waals surface area contributed by atoms with E-state index in [2.05, 4.69) is 6.92 Å².